The Bertz CT molecular complexity index is 496. The third-order valence-electron chi connectivity index (χ3n) is 3.62. The first-order valence-electron chi connectivity index (χ1n) is 9.71. The van der Waals surface area contributed by atoms with Crippen LogP contribution in [0.2, 0.25) is 0 Å². The Balaban J connectivity index is 3.55. The largest absolute Gasteiger partial charge is 0.418 e. The number of primary amides is 1. The number of rotatable bonds is 15. The molecular weight excluding hydrogens is 322 g/mol. The quantitative estimate of drug-likeness (QED) is 0.197. The van der Waals surface area contributed by atoms with Crippen molar-refractivity contribution in [2.75, 3.05) is 0 Å². The minimum atomic E-state index is -0.813. The molecule has 0 aliphatic heterocycles. The van der Waals surface area contributed by atoms with E-state index in [4.69, 9.17) is 5.73 Å². The van der Waals surface area contributed by atoms with E-state index >= 15 is 0 Å². The fraction of sp³-hybridized carbons (Fsp3) is 0.435. The topological polar surface area (TPSA) is 52.3 Å². The summed E-state index contributed by atoms with van der Waals surface area (Å²) >= 11 is 0. The standard InChI is InChI=1S/C23H35NO2/c1-2-3-4-5-6-7-8-9-10-11-12-13-14-15-16-17-18-19-20-21-22-26-23(24)25/h11-22H,2-10H2,1H3,(H2,24,25)/b12-11+,14-13+,16-15+,18-17+,20-19+,22-21+. The minimum absolute atomic E-state index is 0.813. The molecule has 0 saturated heterocycles. The molecular formula is C23H35NO2. The Morgan fingerprint density at radius 2 is 1.15 bits per heavy atom. The Morgan fingerprint density at radius 1 is 0.692 bits per heavy atom. The Labute approximate surface area is 159 Å². The van der Waals surface area contributed by atoms with Crippen molar-refractivity contribution in [3.63, 3.8) is 0 Å². The van der Waals surface area contributed by atoms with Gasteiger partial charge < -0.3 is 10.5 Å². The lowest BCUT2D eigenvalue weighted by Crippen LogP contribution is -2.08. The number of nitrogens with two attached hydrogens (primary N) is 1. The molecule has 1 amide bonds. The minimum Gasteiger partial charge on any atom is -0.418 e. The highest BCUT2D eigenvalue weighted by molar-refractivity contribution is 5.65. The molecule has 0 bridgehead atoms. The lowest BCUT2D eigenvalue weighted by Gasteiger charge is -1.99. The molecule has 0 unspecified atom stereocenters. The summed E-state index contributed by atoms with van der Waals surface area (Å²) in [6, 6.07) is 0. The molecule has 0 heterocycles. The predicted molar refractivity (Wildman–Crippen MR) is 113 cm³/mol. The molecule has 0 atom stereocenters. The molecule has 144 valence electrons. The van der Waals surface area contributed by atoms with Gasteiger partial charge >= 0.3 is 6.09 Å². The lowest BCUT2D eigenvalue weighted by atomic mass is 10.1. The lowest BCUT2D eigenvalue weighted by molar-refractivity contribution is 0.196. The van der Waals surface area contributed by atoms with Gasteiger partial charge in [-0.3, -0.25) is 0 Å². The maximum atomic E-state index is 10.3. The van der Waals surface area contributed by atoms with Crippen LogP contribution in [0.15, 0.2) is 73.1 Å². The summed E-state index contributed by atoms with van der Waals surface area (Å²) < 4.78 is 4.43. The molecule has 0 saturated carbocycles. The highest BCUT2D eigenvalue weighted by Gasteiger charge is 1.89. The average Bonchev–Trinajstić information content (AvgIpc) is 2.62. The summed E-state index contributed by atoms with van der Waals surface area (Å²) in [5.41, 5.74) is 4.81. The van der Waals surface area contributed by atoms with E-state index in [1.165, 1.54) is 64.0 Å². The van der Waals surface area contributed by atoms with Gasteiger partial charge in [-0.15, -0.1) is 0 Å². The molecule has 3 heteroatoms. The van der Waals surface area contributed by atoms with Crippen LogP contribution in [0.5, 0.6) is 0 Å². The van der Waals surface area contributed by atoms with Gasteiger partial charge in [0.2, 0.25) is 0 Å². The van der Waals surface area contributed by atoms with Crippen molar-refractivity contribution < 1.29 is 9.53 Å². The van der Waals surface area contributed by atoms with E-state index in [-0.39, 0.29) is 0 Å². The van der Waals surface area contributed by atoms with Crippen LogP contribution in [0.1, 0.15) is 64.7 Å². The number of amides is 1. The molecule has 0 aromatic heterocycles. The summed E-state index contributed by atoms with van der Waals surface area (Å²) in [6.07, 6.45) is 33.9. The van der Waals surface area contributed by atoms with Crippen LogP contribution < -0.4 is 5.73 Å². The molecule has 0 fully saturated rings. The van der Waals surface area contributed by atoms with E-state index < -0.39 is 6.09 Å². The van der Waals surface area contributed by atoms with Gasteiger partial charge in [-0.25, -0.2) is 4.79 Å². The monoisotopic (exact) mass is 357 g/mol. The zero-order chi connectivity index (χ0) is 19.1. The van der Waals surface area contributed by atoms with E-state index in [1.54, 1.807) is 12.2 Å². The van der Waals surface area contributed by atoms with E-state index in [9.17, 15) is 4.79 Å². The average molecular weight is 358 g/mol. The van der Waals surface area contributed by atoms with Gasteiger partial charge in [0, 0.05) is 0 Å². The molecule has 0 rings (SSSR count). The van der Waals surface area contributed by atoms with Crippen molar-refractivity contribution in [2.45, 2.75) is 64.7 Å². The molecule has 0 aliphatic carbocycles. The van der Waals surface area contributed by atoms with Crippen molar-refractivity contribution in [1.82, 2.24) is 0 Å². The number of carbonyl (C=O) groups excluding carboxylic acids is 1. The van der Waals surface area contributed by atoms with Crippen molar-refractivity contribution in [1.29, 1.82) is 0 Å². The van der Waals surface area contributed by atoms with Crippen molar-refractivity contribution >= 4 is 6.09 Å². The fourth-order valence-corrected chi connectivity index (χ4v) is 2.24. The normalized spacial score (nSPS) is 12.8. The molecule has 3 nitrogen and oxygen atoms in total. The van der Waals surface area contributed by atoms with Gasteiger partial charge in [0.05, 0.1) is 6.26 Å². The second-order valence-electron chi connectivity index (χ2n) is 6.00. The van der Waals surface area contributed by atoms with E-state index in [0.29, 0.717) is 0 Å². The van der Waals surface area contributed by atoms with Crippen LogP contribution >= 0.6 is 0 Å². The highest BCUT2D eigenvalue weighted by atomic mass is 16.5. The van der Waals surface area contributed by atoms with E-state index in [0.717, 1.165) is 0 Å². The Hall–Kier alpha value is -2.29. The van der Waals surface area contributed by atoms with Gasteiger partial charge in [0.15, 0.2) is 0 Å². The Kier molecular flexibility index (Phi) is 18.9. The summed E-state index contributed by atoms with van der Waals surface area (Å²) in [5.74, 6) is 0. The molecule has 0 radical (unpaired) electrons. The number of carbonyl (C=O) groups is 1. The first-order chi connectivity index (χ1) is 12.8. The molecule has 0 aliphatic rings. The van der Waals surface area contributed by atoms with Crippen molar-refractivity contribution in [3.05, 3.63) is 73.1 Å². The zero-order valence-electron chi connectivity index (χ0n) is 16.2. The maximum Gasteiger partial charge on any atom is 0.409 e. The summed E-state index contributed by atoms with van der Waals surface area (Å²) in [6.45, 7) is 2.26. The second kappa shape index (κ2) is 20.8. The highest BCUT2D eigenvalue weighted by Crippen LogP contribution is 2.09. The first-order valence-corrected chi connectivity index (χ1v) is 9.71. The third-order valence-corrected chi connectivity index (χ3v) is 3.62. The van der Waals surface area contributed by atoms with E-state index in [2.05, 4.69) is 29.9 Å². The first kappa shape index (κ1) is 23.7. The van der Waals surface area contributed by atoms with Crippen LogP contribution in [0.25, 0.3) is 0 Å². The molecule has 0 spiro atoms. The maximum absolute atomic E-state index is 10.3. The Morgan fingerprint density at radius 3 is 1.69 bits per heavy atom. The zero-order valence-corrected chi connectivity index (χ0v) is 16.2. The van der Waals surface area contributed by atoms with Gasteiger partial charge in [-0.1, -0.05) is 113 Å². The molecule has 2 N–H and O–H groups in total. The van der Waals surface area contributed by atoms with Crippen LogP contribution in [0.3, 0.4) is 0 Å². The number of ether oxygens (including phenoxy) is 1. The van der Waals surface area contributed by atoms with Gasteiger partial charge in [0.25, 0.3) is 0 Å². The number of unbranched alkanes of at least 4 members (excludes halogenated alkanes) is 8. The van der Waals surface area contributed by atoms with Crippen LogP contribution in [0, 0.1) is 0 Å². The predicted octanol–water partition coefficient (Wildman–Crippen LogP) is 6.91. The number of hydrogen-bond donors (Lipinski definition) is 1. The summed E-state index contributed by atoms with van der Waals surface area (Å²) in [5, 5.41) is 0. The van der Waals surface area contributed by atoms with Crippen molar-refractivity contribution in [2.24, 2.45) is 5.73 Å². The summed E-state index contributed by atoms with van der Waals surface area (Å²) in [4.78, 5) is 10.3. The van der Waals surface area contributed by atoms with Gasteiger partial charge in [0.1, 0.15) is 0 Å². The van der Waals surface area contributed by atoms with Gasteiger partial charge in [-0.2, -0.15) is 0 Å². The number of allylic oxidation sites excluding steroid dienone is 11. The molecule has 26 heavy (non-hydrogen) atoms. The summed E-state index contributed by atoms with van der Waals surface area (Å²) in [7, 11) is 0. The smallest absolute Gasteiger partial charge is 0.409 e. The SMILES string of the molecule is CCCCCCCCCC/C=C/C=C/C=C/C=C/C=C/C=C/OC(N)=O. The van der Waals surface area contributed by atoms with Gasteiger partial charge in [-0.05, 0) is 18.9 Å². The second-order valence-corrected chi connectivity index (χ2v) is 6.00. The van der Waals surface area contributed by atoms with E-state index in [1.807, 2.05) is 36.5 Å². The molecule has 0 aromatic rings. The van der Waals surface area contributed by atoms with Crippen LogP contribution in [-0.2, 0) is 4.74 Å². The van der Waals surface area contributed by atoms with Crippen LogP contribution in [-0.4, -0.2) is 6.09 Å². The fourth-order valence-electron chi connectivity index (χ4n) is 2.24. The van der Waals surface area contributed by atoms with Crippen LogP contribution in [0.4, 0.5) is 4.79 Å². The number of hydrogen-bond acceptors (Lipinski definition) is 2. The van der Waals surface area contributed by atoms with Crippen molar-refractivity contribution in [3.8, 4) is 0 Å². The third kappa shape index (κ3) is 21.7. The molecule has 0 aromatic carbocycles.